The summed E-state index contributed by atoms with van der Waals surface area (Å²) < 4.78 is 0. The van der Waals surface area contributed by atoms with E-state index >= 15 is 0 Å². The van der Waals surface area contributed by atoms with Gasteiger partial charge in [-0.25, -0.2) is 9.97 Å². The lowest BCUT2D eigenvalue weighted by Gasteiger charge is -2.12. The zero-order chi connectivity index (χ0) is 13.6. The van der Waals surface area contributed by atoms with E-state index < -0.39 is 0 Å². The lowest BCUT2D eigenvalue weighted by Crippen LogP contribution is -2.10. The van der Waals surface area contributed by atoms with Crippen molar-refractivity contribution < 1.29 is 0 Å². The van der Waals surface area contributed by atoms with Crippen LogP contribution in [0.15, 0.2) is 30.9 Å². The van der Waals surface area contributed by atoms with E-state index in [9.17, 15) is 0 Å². The predicted molar refractivity (Wildman–Crippen MR) is 79.7 cm³/mol. The number of aromatic nitrogens is 3. The molecule has 4 heteroatoms. The molecule has 0 atom stereocenters. The van der Waals surface area contributed by atoms with Crippen LogP contribution in [0.3, 0.4) is 0 Å². The molecule has 3 rings (SSSR count). The largest absolute Gasteiger partial charge is 0.369 e. The van der Waals surface area contributed by atoms with Crippen molar-refractivity contribution >= 4 is 5.82 Å². The smallest absolute Gasteiger partial charge is 0.132 e. The second-order valence-electron chi connectivity index (χ2n) is 5.24. The van der Waals surface area contributed by atoms with Crippen molar-refractivity contribution in [3.63, 3.8) is 0 Å². The van der Waals surface area contributed by atoms with Crippen LogP contribution in [0.4, 0.5) is 5.82 Å². The molecule has 0 aromatic carbocycles. The molecule has 1 aliphatic rings. The summed E-state index contributed by atoms with van der Waals surface area (Å²) in [5.41, 5.74) is 3.87. The monoisotopic (exact) mass is 268 g/mol. The molecule has 104 valence electrons. The molecule has 1 N–H and O–H groups in total. The molecule has 2 aromatic rings. The van der Waals surface area contributed by atoms with Gasteiger partial charge in [-0.2, -0.15) is 0 Å². The van der Waals surface area contributed by atoms with Gasteiger partial charge in [-0.15, -0.1) is 0 Å². The summed E-state index contributed by atoms with van der Waals surface area (Å²) >= 11 is 0. The summed E-state index contributed by atoms with van der Waals surface area (Å²) in [6.07, 6.45) is 12.4. The van der Waals surface area contributed by atoms with E-state index in [2.05, 4.69) is 32.4 Å². The van der Waals surface area contributed by atoms with Gasteiger partial charge in [-0.3, -0.25) is 4.98 Å². The molecule has 0 saturated heterocycles. The average Bonchev–Trinajstić information content (AvgIpc) is 2.74. The first-order valence-electron chi connectivity index (χ1n) is 7.39. The zero-order valence-corrected chi connectivity index (χ0v) is 11.7. The summed E-state index contributed by atoms with van der Waals surface area (Å²) in [6.45, 7) is 0.896. The number of hydrogen-bond donors (Lipinski definition) is 1. The number of rotatable bonds is 4. The minimum atomic E-state index is 0.896. The van der Waals surface area contributed by atoms with Gasteiger partial charge in [0, 0.05) is 30.2 Å². The first-order valence-corrected chi connectivity index (χ1v) is 7.39. The molecular formula is C16H20N4. The van der Waals surface area contributed by atoms with Crippen molar-refractivity contribution in [3.05, 3.63) is 47.7 Å². The number of aryl methyl sites for hydroxylation is 1. The van der Waals surface area contributed by atoms with E-state index in [0.717, 1.165) is 31.6 Å². The van der Waals surface area contributed by atoms with Crippen molar-refractivity contribution in [2.75, 3.05) is 11.9 Å². The Balaban J connectivity index is 1.66. The second kappa shape index (κ2) is 6.46. The van der Waals surface area contributed by atoms with Gasteiger partial charge in [0.2, 0.25) is 0 Å². The van der Waals surface area contributed by atoms with Crippen LogP contribution in [0.2, 0.25) is 0 Å². The van der Waals surface area contributed by atoms with E-state index in [-0.39, 0.29) is 0 Å². The molecule has 4 nitrogen and oxygen atoms in total. The van der Waals surface area contributed by atoms with Gasteiger partial charge >= 0.3 is 0 Å². The summed E-state index contributed by atoms with van der Waals surface area (Å²) in [5, 5.41) is 3.48. The molecule has 0 saturated carbocycles. The van der Waals surface area contributed by atoms with Crippen LogP contribution in [0.25, 0.3) is 0 Å². The SMILES string of the molecule is c1cc(CCNc2ncnc3c2CCCCC3)ccn1. The number of pyridine rings is 1. The quantitative estimate of drug-likeness (QED) is 0.866. The molecule has 0 unspecified atom stereocenters. The Kier molecular flexibility index (Phi) is 4.21. The standard InChI is InChI=1S/C16H20N4/c1-2-4-14-15(5-3-1)19-12-20-16(14)18-11-8-13-6-9-17-10-7-13/h6-7,9-10,12H,1-5,8,11H2,(H,18,19,20). The highest BCUT2D eigenvalue weighted by molar-refractivity contribution is 5.46. The van der Waals surface area contributed by atoms with Crippen LogP contribution < -0.4 is 5.32 Å². The Hall–Kier alpha value is -1.97. The van der Waals surface area contributed by atoms with E-state index in [4.69, 9.17) is 0 Å². The molecule has 2 aromatic heterocycles. The average molecular weight is 268 g/mol. The van der Waals surface area contributed by atoms with Crippen LogP contribution in [0.5, 0.6) is 0 Å². The van der Waals surface area contributed by atoms with Crippen LogP contribution in [-0.2, 0) is 19.3 Å². The van der Waals surface area contributed by atoms with Gasteiger partial charge < -0.3 is 5.32 Å². The normalized spacial score (nSPS) is 14.4. The van der Waals surface area contributed by atoms with E-state index in [1.807, 2.05) is 12.4 Å². The minimum Gasteiger partial charge on any atom is -0.369 e. The molecule has 2 heterocycles. The molecule has 0 bridgehead atoms. The van der Waals surface area contributed by atoms with Gasteiger partial charge in [0.15, 0.2) is 0 Å². The first kappa shape index (κ1) is 13.0. The first-order chi connectivity index (χ1) is 9.93. The van der Waals surface area contributed by atoms with E-state index in [1.165, 1.54) is 36.1 Å². The number of fused-ring (bicyclic) bond motifs is 1. The summed E-state index contributed by atoms with van der Waals surface area (Å²) in [5.74, 6) is 1.03. The lowest BCUT2D eigenvalue weighted by molar-refractivity contribution is 0.708. The maximum Gasteiger partial charge on any atom is 0.132 e. The predicted octanol–water partition coefficient (Wildman–Crippen LogP) is 2.80. The van der Waals surface area contributed by atoms with Gasteiger partial charge in [0.1, 0.15) is 12.1 Å². The van der Waals surface area contributed by atoms with Gasteiger partial charge in [0.05, 0.1) is 0 Å². The molecule has 0 fully saturated rings. The Morgan fingerprint density at radius 1 is 1.00 bits per heavy atom. The minimum absolute atomic E-state index is 0.896. The lowest BCUT2D eigenvalue weighted by atomic mass is 10.1. The molecule has 0 amide bonds. The van der Waals surface area contributed by atoms with Crippen LogP contribution >= 0.6 is 0 Å². The molecule has 0 aliphatic heterocycles. The van der Waals surface area contributed by atoms with Crippen molar-refractivity contribution in [1.82, 2.24) is 15.0 Å². The maximum absolute atomic E-state index is 4.45. The maximum atomic E-state index is 4.45. The number of nitrogens with one attached hydrogen (secondary N) is 1. The van der Waals surface area contributed by atoms with Crippen molar-refractivity contribution in [2.24, 2.45) is 0 Å². The number of anilines is 1. The fourth-order valence-electron chi connectivity index (χ4n) is 2.72. The fraction of sp³-hybridized carbons (Fsp3) is 0.438. The highest BCUT2D eigenvalue weighted by atomic mass is 15.0. The van der Waals surface area contributed by atoms with Crippen molar-refractivity contribution in [1.29, 1.82) is 0 Å². The van der Waals surface area contributed by atoms with Crippen LogP contribution in [-0.4, -0.2) is 21.5 Å². The van der Waals surface area contributed by atoms with E-state index in [0.29, 0.717) is 0 Å². The van der Waals surface area contributed by atoms with Gasteiger partial charge in [-0.05, 0) is 49.8 Å². The Morgan fingerprint density at radius 3 is 2.75 bits per heavy atom. The number of hydrogen-bond acceptors (Lipinski definition) is 4. The zero-order valence-electron chi connectivity index (χ0n) is 11.7. The molecule has 1 aliphatic carbocycles. The topological polar surface area (TPSA) is 50.7 Å². The van der Waals surface area contributed by atoms with Crippen LogP contribution in [0, 0.1) is 0 Å². The molecule has 20 heavy (non-hydrogen) atoms. The number of nitrogens with zero attached hydrogens (tertiary/aromatic N) is 3. The van der Waals surface area contributed by atoms with Gasteiger partial charge in [0.25, 0.3) is 0 Å². The fourth-order valence-corrected chi connectivity index (χ4v) is 2.72. The molecular weight excluding hydrogens is 248 g/mol. The summed E-state index contributed by atoms with van der Waals surface area (Å²) in [7, 11) is 0. The highest BCUT2D eigenvalue weighted by Crippen LogP contribution is 2.23. The molecule has 0 spiro atoms. The highest BCUT2D eigenvalue weighted by Gasteiger charge is 2.13. The Labute approximate surface area is 119 Å². The summed E-state index contributed by atoms with van der Waals surface area (Å²) in [4.78, 5) is 12.9. The molecule has 0 radical (unpaired) electrons. The Morgan fingerprint density at radius 2 is 1.85 bits per heavy atom. The van der Waals surface area contributed by atoms with E-state index in [1.54, 1.807) is 6.33 Å². The Bertz CT molecular complexity index is 554. The third-order valence-corrected chi connectivity index (χ3v) is 3.83. The second-order valence-corrected chi connectivity index (χ2v) is 5.24. The third kappa shape index (κ3) is 3.13. The van der Waals surface area contributed by atoms with Gasteiger partial charge in [-0.1, -0.05) is 6.42 Å². The van der Waals surface area contributed by atoms with Crippen molar-refractivity contribution in [3.8, 4) is 0 Å². The van der Waals surface area contributed by atoms with Crippen LogP contribution in [0.1, 0.15) is 36.1 Å². The third-order valence-electron chi connectivity index (χ3n) is 3.83. The summed E-state index contributed by atoms with van der Waals surface area (Å²) in [6, 6.07) is 4.12. The van der Waals surface area contributed by atoms with Crippen molar-refractivity contribution in [2.45, 2.75) is 38.5 Å².